The lowest BCUT2D eigenvalue weighted by Gasteiger charge is -2.09. The predicted octanol–water partition coefficient (Wildman–Crippen LogP) is 4.02. The van der Waals surface area contributed by atoms with E-state index in [9.17, 15) is 4.79 Å². The van der Waals surface area contributed by atoms with Gasteiger partial charge in [-0.2, -0.15) is 15.3 Å². The molecule has 0 aliphatic rings. The summed E-state index contributed by atoms with van der Waals surface area (Å²) in [7, 11) is 0. The van der Waals surface area contributed by atoms with Gasteiger partial charge in [0, 0.05) is 30.1 Å². The summed E-state index contributed by atoms with van der Waals surface area (Å²) in [6.45, 7) is 9.10. The second-order valence-electron chi connectivity index (χ2n) is 8.35. The monoisotopic (exact) mass is 470 g/mol. The molecule has 178 valence electrons. The van der Waals surface area contributed by atoms with E-state index < -0.39 is 0 Å². The number of nitrogens with one attached hydrogen (secondary N) is 1. The Bertz CT molecular complexity index is 1530. The van der Waals surface area contributed by atoms with E-state index in [1.54, 1.807) is 33.9 Å². The third-order valence-corrected chi connectivity index (χ3v) is 5.84. The van der Waals surface area contributed by atoms with Gasteiger partial charge in [-0.1, -0.05) is 17.7 Å². The number of carbonyl (C=O) groups excluding carboxylic acids is 1. The molecule has 4 aromatic heterocycles. The second-order valence-corrected chi connectivity index (χ2v) is 8.35. The van der Waals surface area contributed by atoms with Crippen LogP contribution in [0.2, 0.25) is 0 Å². The minimum absolute atomic E-state index is 0.228. The van der Waals surface area contributed by atoms with Crippen molar-refractivity contribution in [1.29, 1.82) is 0 Å². The smallest absolute Gasteiger partial charge is 0.276 e. The van der Waals surface area contributed by atoms with Crippen LogP contribution in [0.5, 0.6) is 5.75 Å². The number of hydrogen-bond acceptors (Lipinski definition) is 6. The molecule has 0 saturated heterocycles. The highest BCUT2D eigenvalue weighted by atomic mass is 16.5. The number of anilines is 1. The number of amides is 1. The number of aryl methyl sites for hydroxylation is 3. The Hall–Kier alpha value is -4.47. The van der Waals surface area contributed by atoms with E-state index in [1.165, 1.54) is 5.56 Å². The summed E-state index contributed by atoms with van der Waals surface area (Å²) < 4.78 is 11.1. The molecule has 0 aliphatic carbocycles. The Kier molecular flexibility index (Phi) is 5.77. The molecule has 5 rings (SSSR count). The summed E-state index contributed by atoms with van der Waals surface area (Å²) in [5, 5.41) is 16.0. The zero-order valence-corrected chi connectivity index (χ0v) is 20.1. The van der Waals surface area contributed by atoms with E-state index in [1.807, 2.05) is 56.8 Å². The molecule has 1 N–H and O–H groups in total. The first-order valence-electron chi connectivity index (χ1n) is 11.3. The quantitative estimate of drug-likeness (QED) is 0.385. The van der Waals surface area contributed by atoms with Gasteiger partial charge in [-0.3, -0.25) is 9.48 Å². The fourth-order valence-electron chi connectivity index (χ4n) is 4.02. The standard InChI is InChI=1S/C25H26N8O2/c1-5-32-18(4)20(13-28-32)22-8-9-26-24-11-21(30-33(22)24)25(34)29-19-12-27-31(14-19)15-35-23-7-6-16(2)10-17(23)3/h6-14H,5,15H2,1-4H3,(H,29,34). The van der Waals surface area contributed by atoms with E-state index in [-0.39, 0.29) is 18.3 Å². The molecule has 0 aliphatic heterocycles. The molecular weight excluding hydrogens is 444 g/mol. The van der Waals surface area contributed by atoms with Crippen molar-refractivity contribution in [3.05, 3.63) is 77.6 Å². The molecule has 0 radical (unpaired) electrons. The number of benzene rings is 1. The lowest BCUT2D eigenvalue weighted by Crippen LogP contribution is -2.12. The van der Waals surface area contributed by atoms with Gasteiger partial charge < -0.3 is 10.1 Å². The van der Waals surface area contributed by atoms with Gasteiger partial charge in [-0.15, -0.1) is 0 Å². The largest absolute Gasteiger partial charge is 0.471 e. The third-order valence-electron chi connectivity index (χ3n) is 5.84. The van der Waals surface area contributed by atoms with Gasteiger partial charge in [0.25, 0.3) is 5.91 Å². The van der Waals surface area contributed by atoms with Gasteiger partial charge in [-0.25, -0.2) is 14.2 Å². The molecule has 10 heteroatoms. The van der Waals surface area contributed by atoms with Crippen LogP contribution in [-0.4, -0.2) is 40.1 Å². The van der Waals surface area contributed by atoms with Gasteiger partial charge >= 0.3 is 0 Å². The fourth-order valence-corrected chi connectivity index (χ4v) is 4.02. The first kappa shape index (κ1) is 22.3. The Morgan fingerprint density at radius 3 is 2.71 bits per heavy atom. The maximum absolute atomic E-state index is 12.9. The predicted molar refractivity (Wildman–Crippen MR) is 131 cm³/mol. The number of hydrogen-bond donors (Lipinski definition) is 1. The number of carbonyl (C=O) groups is 1. The molecule has 0 atom stereocenters. The van der Waals surface area contributed by atoms with Gasteiger partial charge in [0.2, 0.25) is 0 Å². The van der Waals surface area contributed by atoms with Crippen LogP contribution in [0.25, 0.3) is 16.9 Å². The molecule has 5 aromatic rings. The van der Waals surface area contributed by atoms with Crippen LogP contribution in [0.1, 0.15) is 34.2 Å². The summed E-state index contributed by atoms with van der Waals surface area (Å²) in [5.41, 5.74) is 6.41. The Morgan fingerprint density at radius 2 is 1.94 bits per heavy atom. The summed E-state index contributed by atoms with van der Waals surface area (Å²) in [4.78, 5) is 17.3. The third kappa shape index (κ3) is 4.37. The van der Waals surface area contributed by atoms with E-state index in [2.05, 4.69) is 31.7 Å². The molecule has 0 bridgehead atoms. The highest BCUT2D eigenvalue weighted by molar-refractivity contribution is 6.03. The molecule has 0 fully saturated rings. The van der Waals surface area contributed by atoms with Gasteiger partial charge in [-0.05, 0) is 45.4 Å². The first-order valence-corrected chi connectivity index (χ1v) is 11.3. The van der Waals surface area contributed by atoms with Crippen LogP contribution in [0.3, 0.4) is 0 Å². The van der Waals surface area contributed by atoms with E-state index >= 15 is 0 Å². The average Bonchev–Trinajstić information content (AvgIpc) is 3.56. The zero-order chi connectivity index (χ0) is 24.5. The second kappa shape index (κ2) is 9.05. The molecule has 4 heterocycles. The van der Waals surface area contributed by atoms with Crippen LogP contribution in [0.4, 0.5) is 5.69 Å². The Labute approximate surface area is 202 Å². The molecule has 0 spiro atoms. The lowest BCUT2D eigenvalue weighted by atomic mass is 10.1. The Balaban J connectivity index is 1.31. The van der Waals surface area contributed by atoms with Crippen LogP contribution in [-0.2, 0) is 13.3 Å². The molecule has 0 unspecified atom stereocenters. The normalized spacial score (nSPS) is 11.2. The van der Waals surface area contributed by atoms with Crippen molar-refractivity contribution in [3.8, 4) is 17.0 Å². The lowest BCUT2D eigenvalue weighted by molar-refractivity contribution is 0.102. The van der Waals surface area contributed by atoms with Crippen molar-refractivity contribution in [3.63, 3.8) is 0 Å². The number of rotatable bonds is 7. The first-order chi connectivity index (χ1) is 16.9. The molecule has 10 nitrogen and oxygen atoms in total. The number of nitrogens with zero attached hydrogens (tertiary/aromatic N) is 7. The molecule has 1 amide bonds. The number of fused-ring (bicyclic) bond motifs is 1. The highest BCUT2D eigenvalue weighted by Crippen LogP contribution is 2.24. The summed E-state index contributed by atoms with van der Waals surface area (Å²) in [5.74, 6) is 0.446. The van der Waals surface area contributed by atoms with Crippen molar-refractivity contribution in [2.24, 2.45) is 0 Å². The maximum Gasteiger partial charge on any atom is 0.276 e. The molecule has 35 heavy (non-hydrogen) atoms. The maximum atomic E-state index is 12.9. The van der Waals surface area contributed by atoms with Crippen LogP contribution in [0, 0.1) is 20.8 Å². The topological polar surface area (TPSA) is 104 Å². The Morgan fingerprint density at radius 1 is 1.09 bits per heavy atom. The van der Waals surface area contributed by atoms with Crippen LogP contribution >= 0.6 is 0 Å². The summed E-state index contributed by atoms with van der Waals surface area (Å²) in [6.07, 6.45) is 6.80. The van der Waals surface area contributed by atoms with Crippen molar-refractivity contribution in [2.45, 2.75) is 41.0 Å². The van der Waals surface area contributed by atoms with Gasteiger partial charge in [0.15, 0.2) is 18.1 Å². The van der Waals surface area contributed by atoms with E-state index in [4.69, 9.17) is 4.74 Å². The van der Waals surface area contributed by atoms with Gasteiger partial charge in [0.05, 0.1) is 30.0 Å². The minimum Gasteiger partial charge on any atom is -0.471 e. The van der Waals surface area contributed by atoms with Crippen molar-refractivity contribution >= 4 is 17.2 Å². The van der Waals surface area contributed by atoms with Crippen LogP contribution in [0.15, 0.2) is 55.1 Å². The van der Waals surface area contributed by atoms with E-state index in [0.717, 1.165) is 34.8 Å². The SMILES string of the molecule is CCn1ncc(-c2ccnc3cc(C(=O)Nc4cnn(COc5ccc(C)cc5C)c4)nn23)c1C. The van der Waals surface area contributed by atoms with Crippen molar-refractivity contribution < 1.29 is 9.53 Å². The zero-order valence-electron chi connectivity index (χ0n) is 20.1. The average molecular weight is 471 g/mol. The van der Waals surface area contributed by atoms with Crippen LogP contribution < -0.4 is 10.1 Å². The van der Waals surface area contributed by atoms with Gasteiger partial charge in [0.1, 0.15) is 5.75 Å². The molecule has 0 saturated carbocycles. The molecule has 1 aromatic carbocycles. The number of aromatic nitrogens is 7. The highest BCUT2D eigenvalue weighted by Gasteiger charge is 2.17. The number of ether oxygens (including phenoxy) is 1. The molecular formula is C25H26N8O2. The van der Waals surface area contributed by atoms with Crippen molar-refractivity contribution in [2.75, 3.05) is 5.32 Å². The fraction of sp³-hybridized carbons (Fsp3) is 0.240. The van der Waals surface area contributed by atoms with Crippen molar-refractivity contribution in [1.82, 2.24) is 34.2 Å². The summed E-state index contributed by atoms with van der Waals surface area (Å²) >= 11 is 0. The minimum atomic E-state index is -0.350. The van der Waals surface area contributed by atoms with E-state index in [0.29, 0.717) is 11.3 Å². The summed E-state index contributed by atoms with van der Waals surface area (Å²) in [6, 6.07) is 9.54.